The first-order chi connectivity index (χ1) is 13.2. The number of aromatic nitrogens is 3. The molecule has 0 radical (unpaired) electrons. The Morgan fingerprint density at radius 1 is 1.21 bits per heavy atom. The number of benzene rings is 1. The highest BCUT2D eigenvalue weighted by Gasteiger charge is 2.22. The first-order valence-electron chi connectivity index (χ1n) is 8.57. The van der Waals surface area contributed by atoms with Crippen molar-refractivity contribution in [2.24, 2.45) is 14.1 Å². The SMILES string of the molecule is Cn1c(=S)n(C)c(=O)n(-c2cc(C(=O)ONC3CCCC3)c(Cl)cc2F)c1=O. The van der Waals surface area contributed by atoms with Crippen LogP contribution in [0.25, 0.3) is 5.69 Å². The van der Waals surface area contributed by atoms with E-state index >= 15 is 0 Å². The van der Waals surface area contributed by atoms with Crippen molar-refractivity contribution in [3.8, 4) is 5.69 Å². The highest BCUT2D eigenvalue weighted by atomic mass is 35.5. The summed E-state index contributed by atoms with van der Waals surface area (Å²) < 4.78 is 17.1. The maximum atomic E-state index is 14.5. The maximum absolute atomic E-state index is 14.5. The molecule has 0 amide bonds. The van der Waals surface area contributed by atoms with Gasteiger partial charge in [-0.2, -0.15) is 0 Å². The van der Waals surface area contributed by atoms with E-state index in [-0.39, 0.29) is 21.4 Å². The van der Waals surface area contributed by atoms with Gasteiger partial charge in [-0.25, -0.2) is 23.3 Å². The molecule has 0 spiro atoms. The number of nitrogens with one attached hydrogen (secondary N) is 1. The Kier molecular flexibility index (Phi) is 5.82. The molecule has 2 aromatic rings. The fraction of sp³-hybridized carbons (Fsp3) is 0.412. The Hall–Kier alpha value is -2.30. The van der Waals surface area contributed by atoms with Crippen LogP contribution in [0.1, 0.15) is 36.0 Å². The molecule has 0 saturated heterocycles. The highest BCUT2D eigenvalue weighted by molar-refractivity contribution is 7.71. The van der Waals surface area contributed by atoms with E-state index in [1.165, 1.54) is 14.1 Å². The van der Waals surface area contributed by atoms with Crippen LogP contribution in [0.4, 0.5) is 4.39 Å². The quantitative estimate of drug-likeness (QED) is 0.592. The molecule has 0 unspecified atom stereocenters. The Morgan fingerprint density at radius 3 is 2.36 bits per heavy atom. The lowest BCUT2D eigenvalue weighted by Gasteiger charge is -2.14. The number of halogens is 2. The van der Waals surface area contributed by atoms with E-state index in [1.807, 2.05) is 0 Å². The number of hydrogen-bond donors (Lipinski definition) is 1. The Balaban J connectivity index is 2.06. The zero-order valence-corrected chi connectivity index (χ0v) is 16.8. The largest absolute Gasteiger partial charge is 0.366 e. The topological polar surface area (TPSA) is 87.3 Å². The summed E-state index contributed by atoms with van der Waals surface area (Å²) in [6.45, 7) is 0. The Morgan fingerprint density at radius 2 is 1.79 bits per heavy atom. The molecule has 1 N–H and O–H groups in total. The summed E-state index contributed by atoms with van der Waals surface area (Å²) in [6.07, 6.45) is 3.84. The fourth-order valence-electron chi connectivity index (χ4n) is 3.08. The third kappa shape index (κ3) is 3.67. The summed E-state index contributed by atoms with van der Waals surface area (Å²) in [6, 6.07) is 1.93. The van der Waals surface area contributed by atoms with Crippen molar-refractivity contribution in [2.45, 2.75) is 31.7 Å². The number of hydroxylamine groups is 1. The van der Waals surface area contributed by atoms with E-state index in [0.717, 1.165) is 47.0 Å². The minimum Gasteiger partial charge on any atom is -0.366 e. The van der Waals surface area contributed by atoms with Gasteiger partial charge >= 0.3 is 17.3 Å². The van der Waals surface area contributed by atoms with Crippen molar-refractivity contribution in [2.75, 3.05) is 0 Å². The molecule has 150 valence electrons. The highest BCUT2D eigenvalue weighted by Crippen LogP contribution is 2.23. The molecule has 28 heavy (non-hydrogen) atoms. The number of nitrogens with zero attached hydrogens (tertiary/aromatic N) is 3. The maximum Gasteiger partial charge on any atom is 0.358 e. The molecule has 1 aromatic carbocycles. The Labute approximate surface area is 169 Å². The third-order valence-corrected chi connectivity index (χ3v) is 5.56. The minimum atomic E-state index is -0.943. The van der Waals surface area contributed by atoms with Crippen molar-refractivity contribution in [3.05, 3.63) is 54.3 Å². The summed E-state index contributed by atoms with van der Waals surface area (Å²) in [5.41, 5.74) is 0.376. The molecule has 1 heterocycles. The molecule has 0 aliphatic heterocycles. The molecule has 8 nitrogen and oxygen atoms in total. The summed E-state index contributed by atoms with van der Waals surface area (Å²) >= 11 is 11.0. The van der Waals surface area contributed by atoms with Crippen molar-refractivity contribution in [1.82, 2.24) is 19.2 Å². The zero-order chi connectivity index (χ0) is 20.6. The second-order valence-electron chi connectivity index (χ2n) is 6.57. The van der Waals surface area contributed by atoms with Crippen LogP contribution in [0.15, 0.2) is 21.7 Å². The van der Waals surface area contributed by atoms with Crippen LogP contribution in [0.5, 0.6) is 0 Å². The summed E-state index contributed by atoms with van der Waals surface area (Å²) in [4.78, 5) is 42.5. The number of carbonyl (C=O) groups excluding carboxylic acids is 1. The van der Waals surface area contributed by atoms with Gasteiger partial charge in [0.05, 0.1) is 16.3 Å². The van der Waals surface area contributed by atoms with Crippen LogP contribution in [-0.2, 0) is 18.9 Å². The second kappa shape index (κ2) is 7.98. The van der Waals surface area contributed by atoms with Gasteiger partial charge in [0.2, 0.25) is 0 Å². The van der Waals surface area contributed by atoms with Crippen LogP contribution in [0.2, 0.25) is 5.02 Å². The van der Waals surface area contributed by atoms with E-state index in [4.69, 9.17) is 28.7 Å². The summed E-state index contributed by atoms with van der Waals surface area (Å²) in [5.74, 6) is -1.78. The van der Waals surface area contributed by atoms with Crippen LogP contribution in [-0.4, -0.2) is 25.7 Å². The molecule has 0 bridgehead atoms. The van der Waals surface area contributed by atoms with Gasteiger partial charge in [0, 0.05) is 20.1 Å². The predicted octanol–water partition coefficient (Wildman–Crippen LogP) is 2.00. The van der Waals surface area contributed by atoms with Crippen LogP contribution in [0.3, 0.4) is 0 Å². The summed E-state index contributed by atoms with van der Waals surface area (Å²) in [7, 11) is 2.71. The van der Waals surface area contributed by atoms with Crippen LogP contribution >= 0.6 is 23.8 Å². The molecule has 11 heteroatoms. The molecule has 1 saturated carbocycles. The molecular formula is C17H18ClFN4O4S. The number of hydrogen-bond acceptors (Lipinski definition) is 6. The zero-order valence-electron chi connectivity index (χ0n) is 15.2. The second-order valence-corrected chi connectivity index (χ2v) is 7.35. The lowest BCUT2D eigenvalue weighted by Crippen LogP contribution is -2.44. The van der Waals surface area contributed by atoms with E-state index < -0.39 is 28.9 Å². The van der Waals surface area contributed by atoms with Crippen molar-refractivity contribution < 1.29 is 14.0 Å². The minimum absolute atomic E-state index is 0.0268. The standard InChI is InChI=1S/C17H18ClFN4O4S/c1-21-15(25)23(16(26)22(2)17(21)28)13-7-10(11(18)8-12(13)19)14(24)27-20-9-5-3-4-6-9/h7-9,20H,3-6H2,1-2H3. The van der Waals surface area contributed by atoms with Crippen LogP contribution < -0.4 is 16.9 Å². The fourth-order valence-corrected chi connectivity index (χ4v) is 3.46. The van der Waals surface area contributed by atoms with Gasteiger partial charge < -0.3 is 4.84 Å². The van der Waals surface area contributed by atoms with Gasteiger partial charge in [0.1, 0.15) is 5.82 Å². The normalized spacial score (nSPS) is 14.4. The average Bonchev–Trinajstić information content (AvgIpc) is 3.18. The van der Waals surface area contributed by atoms with E-state index in [9.17, 15) is 18.8 Å². The monoisotopic (exact) mass is 428 g/mol. The molecule has 1 aliphatic carbocycles. The summed E-state index contributed by atoms with van der Waals surface area (Å²) in [5, 5.41) is -0.200. The van der Waals surface area contributed by atoms with Crippen LogP contribution in [0, 0.1) is 10.6 Å². The predicted molar refractivity (Wildman–Crippen MR) is 103 cm³/mol. The smallest absolute Gasteiger partial charge is 0.358 e. The molecule has 0 atom stereocenters. The van der Waals surface area contributed by atoms with Crippen molar-refractivity contribution >= 4 is 29.8 Å². The van der Waals surface area contributed by atoms with Gasteiger partial charge in [-0.15, -0.1) is 5.48 Å². The van der Waals surface area contributed by atoms with Gasteiger partial charge in [0.25, 0.3) is 0 Å². The molecule has 1 aromatic heterocycles. The van der Waals surface area contributed by atoms with Gasteiger partial charge in [-0.1, -0.05) is 24.4 Å². The van der Waals surface area contributed by atoms with E-state index in [1.54, 1.807) is 0 Å². The lowest BCUT2D eigenvalue weighted by atomic mass is 10.2. The molecule has 1 aliphatic rings. The van der Waals surface area contributed by atoms with Crippen molar-refractivity contribution in [1.29, 1.82) is 0 Å². The molecule has 3 rings (SSSR count). The third-order valence-electron chi connectivity index (χ3n) is 4.70. The number of rotatable bonds is 4. The van der Waals surface area contributed by atoms with Gasteiger partial charge in [-0.3, -0.25) is 9.13 Å². The number of carbonyl (C=O) groups is 1. The van der Waals surface area contributed by atoms with Gasteiger partial charge in [-0.05, 0) is 37.2 Å². The molecular weight excluding hydrogens is 411 g/mol. The Bertz CT molecular complexity index is 1080. The first-order valence-corrected chi connectivity index (χ1v) is 9.36. The van der Waals surface area contributed by atoms with E-state index in [2.05, 4.69) is 5.48 Å². The van der Waals surface area contributed by atoms with Gasteiger partial charge in [0.15, 0.2) is 4.77 Å². The molecule has 1 fully saturated rings. The average molecular weight is 429 g/mol. The van der Waals surface area contributed by atoms with Crippen molar-refractivity contribution in [3.63, 3.8) is 0 Å². The lowest BCUT2D eigenvalue weighted by molar-refractivity contribution is 0.0160. The van der Waals surface area contributed by atoms with E-state index in [0.29, 0.717) is 4.57 Å². The first kappa shape index (κ1) is 20.4.